The highest BCUT2D eigenvalue weighted by Gasteiger charge is 2.03. The Morgan fingerprint density at radius 3 is 2.19 bits per heavy atom. The van der Waals surface area contributed by atoms with E-state index in [9.17, 15) is 4.79 Å². The number of amides is 2. The number of aryl methyl sites for hydroxylation is 1. The molecule has 0 aliphatic heterocycles. The van der Waals surface area contributed by atoms with E-state index < -0.39 is 0 Å². The molecule has 0 saturated heterocycles. The fourth-order valence-corrected chi connectivity index (χ4v) is 1.93. The molecule has 0 aromatic heterocycles. The first-order valence-electron chi connectivity index (χ1n) is 7.05. The van der Waals surface area contributed by atoms with Gasteiger partial charge in [-0.3, -0.25) is 0 Å². The highest BCUT2D eigenvalue weighted by atomic mass is 16.2. The molecule has 110 valence electrons. The summed E-state index contributed by atoms with van der Waals surface area (Å²) < 4.78 is 0. The normalized spacial score (nSPS) is 10.3. The van der Waals surface area contributed by atoms with Gasteiger partial charge in [0.25, 0.3) is 0 Å². The minimum atomic E-state index is -0.190. The fourth-order valence-electron chi connectivity index (χ4n) is 1.93. The molecule has 0 atom stereocenters. The number of hydrogen-bond donors (Lipinski definition) is 3. The van der Waals surface area contributed by atoms with Gasteiger partial charge in [-0.15, -0.1) is 0 Å². The number of carbonyl (C=O) groups excluding carboxylic acids is 1. The maximum Gasteiger partial charge on any atom is 0.319 e. The second kappa shape index (κ2) is 6.79. The van der Waals surface area contributed by atoms with Crippen molar-refractivity contribution in [3.63, 3.8) is 0 Å². The quantitative estimate of drug-likeness (QED) is 0.785. The Labute approximate surface area is 125 Å². The Morgan fingerprint density at radius 2 is 1.57 bits per heavy atom. The van der Waals surface area contributed by atoms with Crippen molar-refractivity contribution in [2.24, 2.45) is 0 Å². The molecule has 0 unspecified atom stereocenters. The molecule has 21 heavy (non-hydrogen) atoms. The van der Waals surface area contributed by atoms with E-state index in [0.717, 1.165) is 17.1 Å². The zero-order chi connectivity index (χ0) is 15.2. The molecule has 0 bridgehead atoms. The molecular formula is C17H21N3O. The molecule has 3 N–H and O–H groups in total. The molecule has 0 fully saturated rings. The van der Waals surface area contributed by atoms with Crippen LogP contribution in [0, 0.1) is 6.92 Å². The molecule has 0 heterocycles. The van der Waals surface area contributed by atoms with E-state index in [2.05, 4.69) is 28.9 Å². The molecule has 0 spiro atoms. The molecule has 2 rings (SSSR count). The predicted molar refractivity (Wildman–Crippen MR) is 88.2 cm³/mol. The summed E-state index contributed by atoms with van der Waals surface area (Å²) in [5.41, 5.74) is 4.02. The largest absolute Gasteiger partial charge is 0.355 e. The van der Waals surface area contributed by atoms with Crippen LogP contribution in [0.15, 0.2) is 48.5 Å². The number of benzene rings is 2. The van der Waals surface area contributed by atoms with E-state index in [1.807, 2.05) is 56.3 Å². The summed E-state index contributed by atoms with van der Waals surface area (Å²) in [5.74, 6) is 0. The summed E-state index contributed by atoms with van der Waals surface area (Å²) in [4.78, 5) is 11.6. The molecule has 0 aliphatic rings. The third-order valence-electron chi connectivity index (χ3n) is 2.99. The van der Waals surface area contributed by atoms with Crippen LogP contribution < -0.4 is 16.0 Å². The monoisotopic (exact) mass is 283 g/mol. The molecule has 0 saturated carbocycles. The molecule has 4 nitrogen and oxygen atoms in total. The van der Waals surface area contributed by atoms with Crippen LogP contribution in [0.25, 0.3) is 0 Å². The Kier molecular flexibility index (Phi) is 4.82. The lowest BCUT2D eigenvalue weighted by atomic mass is 10.2. The maximum atomic E-state index is 11.6. The third kappa shape index (κ3) is 4.53. The van der Waals surface area contributed by atoms with Crippen molar-refractivity contribution in [2.45, 2.75) is 26.8 Å². The SMILES string of the molecule is Cc1ccccc1Nc1ccc(NC(=O)NC(C)C)cc1. The van der Waals surface area contributed by atoms with E-state index in [1.54, 1.807) is 0 Å². The smallest absolute Gasteiger partial charge is 0.319 e. The average molecular weight is 283 g/mol. The summed E-state index contributed by atoms with van der Waals surface area (Å²) in [6.45, 7) is 5.91. The van der Waals surface area contributed by atoms with Crippen molar-refractivity contribution < 1.29 is 4.79 Å². The van der Waals surface area contributed by atoms with Crippen molar-refractivity contribution >= 4 is 23.1 Å². The van der Waals surface area contributed by atoms with Crippen molar-refractivity contribution in [1.82, 2.24) is 5.32 Å². The fraction of sp³-hybridized carbons (Fsp3) is 0.235. The van der Waals surface area contributed by atoms with E-state index >= 15 is 0 Å². The molecule has 4 heteroatoms. The van der Waals surface area contributed by atoms with Crippen LogP contribution in [-0.4, -0.2) is 12.1 Å². The summed E-state index contributed by atoms with van der Waals surface area (Å²) in [6.07, 6.45) is 0. The van der Waals surface area contributed by atoms with Crippen LogP contribution in [0.3, 0.4) is 0 Å². The summed E-state index contributed by atoms with van der Waals surface area (Å²) in [7, 11) is 0. The summed E-state index contributed by atoms with van der Waals surface area (Å²) >= 11 is 0. The lowest BCUT2D eigenvalue weighted by Crippen LogP contribution is -2.34. The van der Waals surface area contributed by atoms with Gasteiger partial charge in [0.15, 0.2) is 0 Å². The van der Waals surface area contributed by atoms with Crippen molar-refractivity contribution in [3.8, 4) is 0 Å². The standard InChI is InChI=1S/C17H21N3O/c1-12(2)18-17(21)20-15-10-8-14(9-11-15)19-16-7-5-4-6-13(16)3/h4-12,19H,1-3H3,(H2,18,20,21). The van der Waals surface area contributed by atoms with Gasteiger partial charge in [-0.1, -0.05) is 18.2 Å². The van der Waals surface area contributed by atoms with Gasteiger partial charge in [0.05, 0.1) is 0 Å². The van der Waals surface area contributed by atoms with Gasteiger partial charge in [-0.05, 0) is 56.7 Å². The molecule has 0 aliphatic carbocycles. The molecule has 2 aromatic carbocycles. The van der Waals surface area contributed by atoms with Gasteiger partial charge < -0.3 is 16.0 Å². The van der Waals surface area contributed by atoms with Gasteiger partial charge in [0, 0.05) is 23.1 Å². The van der Waals surface area contributed by atoms with Gasteiger partial charge in [0.2, 0.25) is 0 Å². The van der Waals surface area contributed by atoms with Crippen LogP contribution in [0.2, 0.25) is 0 Å². The molecular weight excluding hydrogens is 262 g/mol. The Hall–Kier alpha value is -2.49. The van der Waals surface area contributed by atoms with E-state index in [0.29, 0.717) is 0 Å². The van der Waals surface area contributed by atoms with Crippen LogP contribution in [0.5, 0.6) is 0 Å². The van der Waals surface area contributed by atoms with Gasteiger partial charge >= 0.3 is 6.03 Å². The molecule has 2 amide bonds. The number of rotatable bonds is 4. The highest BCUT2D eigenvalue weighted by molar-refractivity contribution is 5.89. The zero-order valence-electron chi connectivity index (χ0n) is 12.6. The van der Waals surface area contributed by atoms with Crippen LogP contribution in [-0.2, 0) is 0 Å². The number of anilines is 3. The Morgan fingerprint density at radius 1 is 0.952 bits per heavy atom. The third-order valence-corrected chi connectivity index (χ3v) is 2.99. The zero-order valence-corrected chi connectivity index (χ0v) is 12.6. The number of carbonyl (C=O) groups is 1. The van der Waals surface area contributed by atoms with Crippen molar-refractivity contribution in [2.75, 3.05) is 10.6 Å². The number of urea groups is 1. The summed E-state index contributed by atoms with van der Waals surface area (Å²) in [5, 5.41) is 8.94. The summed E-state index contributed by atoms with van der Waals surface area (Å²) in [6, 6.07) is 15.7. The van der Waals surface area contributed by atoms with E-state index in [-0.39, 0.29) is 12.1 Å². The second-order valence-electron chi connectivity index (χ2n) is 5.27. The van der Waals surface area contributed by atoms with Gasteiger partial charge in [-0.25, -0.2) is 4.79 Å². The Balaban J connectivity index is 1.99. The first-order chi connectivity index (χ1) is 10.0. The number of para-hydroxylation sites is 1. The molecule has 0 radical (unpaired) electrons. The van der Waals surface area contributed by atoms with E-state index in [4.69, 9.17) is 0 Å². The number of hydrogen-bond acceptors (Lipinski definition) is 2. The lowest BCUT2D eigenvalue weighted by molar-refractivity contribution is 0.250. The predicted octanol–water partition coefficient (Wildman–Crippen LogP) is 4.27. The van der Waals surface area contributed by atoms with Crippen LogP contribution in [0.4, 0.5) is 21.9 Å². The topological polar surface area (TPSA) is 53.2 Å². The lowest BCUT2D eigenvalue weighted by Gasteiger charge is -2.12. The minimum Gasteiger partial charge on any atom is -0.355 e. The van der Waals surface area contributed by atoms with Crippen LogP contribution >= 0.6 is 0 Å². The minimum absolute atomic E-state index is 0.118. The first kappa shape index (κ1) is 14.9. The Bertz CT molecular complexity index is 606. The first-order valence-corrected chi connectivity index (χ1v) is 7.05. The maximum absolute atomic E-state index is 11.6. The molecule has 2 aromatic rings. The average Bonchev–Trinajstić information content (AvgIpc) is 2.42. The van der Waals surface area contributed by atoms with Gasteiger partial charge in [-0.2, -0.15) is 0 Å². The van der Waals surface area contributed by atoms with Crippen molar-refractivity contribution in [3.05, 3.63) is 54.1 Å². The highest BCUT2D eigenvalue weighted by Crippen LogP contribution is 2.21. The number of nitrogens with one attached hydrogen (secondary N) is 3. The van der Waals surface area contributed by atoms with Crippen LogP contribution in [0.1, 0.15) is 19.4 Å². The van der Waals surface area contributed by atoms with Crippen molar-refractivity contribution in [1.29, 1.82) is 0 Å². The van der Waals surface area contributed by atoms with Gasteiger partial charge in [0.1, 0.15) is 0 Å². The van der Waals surface area contributed by atoms with E-state index in [1.165, 1.54) is 5.56 Å². The second-order valence-corrected chi connectivity index (χ2v) is 5.27.